The molecule has 0 spiro atoms. The van der Waals surface area contributed by atoms with Crippen molar-refractivity contribution in [3.8, 4) is 5.69 Å². The molecule has 4 aromatic rings. The minimum absolute atomic E-state index is 0.0301. The fraction of sp³-hybridized carbons (Fsp3) is 0.185. The Morgan fingerprint density at radius 3 is 2.36 bits per heavy atom. The van der Waals surface area contributed by atoms with Crippen LogP contribution in [0.4, 0.5) is 5.69 Å². The Morgan fingerprint density at radius 2 is 1.67 bits per heavy atom. The summed E-state index contributed by atoms with van der Waals surface area (Å²) in [6.45, 7) is 6.44. The average molecular weight is 517 g/mol. The molecule has 0 unspecified atom stereocenters. The molecular formula is C27H25BrN4S. The third-order valence-electron chi connectivity index (χ3n) is 6.29. The fourth-order valence-corrected chi connectivity index (χ4v) is 5.55. The zero-order chi connectivity index (χ0) is 23.1. The summed E-state index contributed by atoms with van der Waals surface area (Å²) in [6, 6.07) is 25.1. The maximum atomic E-state index is 5.88. The summed E-state index contributed by atoms with van der Waals surface area (Å²) < 4.78 is 3.37. The molecule has 1 N–H and O–H groups in total. The van der Waals surface area contributed by atoms with Crippen molar-refractivity contribution in [1.82, 2.24) is 14.9 Å². The molecule has 2 aromatic carbocycles. The number of pyridine rings is 1. The molecule has 1 fully saturated rings. The van der Waals surface area contributed by atoms with Crippen molar-refractivity contribution < 1.29 is 0 Å². The monoisotopic (exact) mass is 516 g/mol. The fourth-order valence-electron chi connectivity index (χ4n) is 4.75. The third-order valence-corrected chi connectivity index (χ3v) is 7.28. The average Bonchev–Trinajstić information content (AvgIpc) is 3.31. The van der Waals surface area contributed by atoms with Crippen LogP contribution in [0.25, 0.3) is 5.69 Å². The van der Waals surface area contributed by atoms with Crippen molar-refractivity contribution in [2.45, 2.75) is 32.9 Å². The van der Waals surface area contributed by atoms with Crippen molar-refractivity contribution in [3.63, 3.8) is 0 Å². The highest BCUT2D eigenvalue weighted by Crippen LogP contribution is 2.44. The molecule has 2 aromatic heterocycles. The lowest BCUT2D eigenvalue weighted by Gasteiger charge is -2.28. The van der Waals surface area contributed by atoms with E-state index in [0.29, 0.717) is 5.11 Å². The predicted molar refractivity (Wildman–Crippen MR) is 142 cm³/mol. The van der Waals surface area contributed by atoms with Gasteiger partial charge >= 0.3 is 0 Å². The number of hydrogen-bond acceptors (Lipinski definition) is 2. The molecule has 4 nitrogen and oxygen atoms in total. The molecule has 2 atom stereocenters. The Labute approximate surface area is 208 Å². The van der Waals surface area contributed by atoms with Crippen molar-refractivity contribution in [2.75, 3.05) is 4.90 Å². The Bertz CT molecular complexity index is 1310. The lowest BCUT2D eigenvalue weighted by Crippen LogP contribution is -2.29. The quantitative estimate of drug-likeness (QED) is 0.304. The van der Waals surface area contributed by atoms with E-state index < -0.39 is 0 Å². The molecular weight excluding hydrogens is 492 g/mol. The third kappa shape index (κ3) is 3.87. The van der Waals surface area contributed by atoms with E-state index in [1.165, 1.54) is 22.5 Å². The minimum atomic E-state index is -0.0619. The Hall–Kier alpha value is -2.96. The van der Waals surface area contributed by atoms with Gasteiger partial charge in [0, 0.05) is 27.7 Å². The number of nitrogens with one attached hydrogen (secondary N) is 1. The number of rotatable bonds is 4. The summed E-state index contributed by atoms with van der Waals surface area (Å²) in [5.41, 5.74) is 8.00. The number of benzene rings is 2. The highest BCUT2D eigenvalue weighted by molar-refractivity contribution is 9.10. The SMILES string of the molecule is Cc1ccc(N2C(=S)N[C@@H](c3ccccn3)[C@H]2c2cc(C)n(-c3ccccc3Br)c2C)cc1. The molecule has 0 amide bonds. The van der Waals surface area contributed by atoms with Gasteiger partial charge in [0.15, 0.2) is 5.11 Å². The van der Waals surface area contributed by atoms with Crippen LogP contribution in [0.1, 0.15) is 40.3 Å². The molecule has 1 aliphatic rings. The second-order valence-electron chi connectivity index (χ2n) is 8.45. The number of thiocarbonyl (C=S) groups is 1. The van der Waals surface area contributed by atoms with Crippen LogP contribution in [0.15, 0.2) is 83.5 Å². The van der Waals surface area contributed by atoms with Gasteiger partial charge in [-0.1, -0.05) is 35.9 Å². The van der Waals surface area contributed by atoms with E-state index in [2.05, 4.69) is 111 Å². The van der Waals surface area contributed by atoms with Gasteiger partial charge in [-0.05, 0) is 96.9 Å². The first-order chi connectivity index (χ1) is 16.0. The molecule has 3 heterocycles. The molecule has 1 aliphatic heterocycles. The second-order valence-corrected chi connectivity index (χ2v) is 9.69. The number of halogens is 1. The molecule has 0 radical (unpaired) electrons. The van der Waals surface area contributed by atoms with Crippen LogP contribution in [0.2, 0.25) is 0 Å². The number of aryl methyl sites for hydroxylation is 2. The molecule has 33 heavy (non-hydrogen) atoms. The second kappa shape index (κ2) is 8.76. The van der Waals surface area contributed by atoms with E-state index in [-0.39, 0.29) is 12.1 Å². The van der Waals surface area contributed by atoms with Crippen LogP contribution in [0.3, 0.4) is 0 Å². The lowest BCUT2D eigenvalue weighted by molar-refractivity contribution is 0.565. The molecule has 0 bridgehead atoms. The molecule has 0 saturated carbocycles. The van der Waals surface area contributed by atoms with Gasteiger partial charge in [0.1, 0.15) is 0 Å². The highest BCUT2D eigenvalue weighted by atomic mass is 79.9. The minimum Gasteiger partial charge on any atom is -0.351 e. The number of nitrogens with zero attached hydrogens (tertiary/aromatic N) is 3. The largest absolute Gasteiger partial charge is 0.351 e. The number of hydrogen-bond donors (Lipinski definition) is 1. The summed E-state index contributed by atoms with van der Waals surface area (Å²) in [7, 11) is 0. The maximum Gasteiger partial charge on any atom is 0.174 e. The summed E-state index contributed by atoms with van der Waals surface area (Å²) in [4.78, 5) is 6.92. The van der Waals surface area contributed by atoms with Crippen LogP contribution >= 0.6 is 28.1 Å². The first-order valence-corrected chi connectivity index (χ1v) is 12.2. The summed E-state index contributed by atoms with van der Waals surface area (Å²) >= 11 is 9.61. The summed E-state index contributed by atoms with van der Waals surface area (Å²) in [6.07, 6.45) is 1.84. The molecule has 5 rings (SSSR count). The van der Waals surface area contributed by atoms with E-state index in [1.54, 1.807) is 0 Å². The van der Waals surface area contributed by atoms with Gasteiger partial charge in [-0.3, -0.25) is 4.98 Å². The number of anilines is 1. The lowest BCUT2D eigenvalue weighted by atomic mass is 9.96. The standard InChI is InChI=1S/C27H25BrN4S/c1-17-11-13-20(14-12-17)32-26(25(30-27(32)33)23-9-6-7-15-29-23)21-16-18(2)31(19(21)3)24-10-5-4-8-22(24)28/h4-16,25-26H,1-3H3,(H,30,33)/t25-,26+/m0/s1. The van der Waals surface area contributed by atoms with E-state index in [1.807, 2.05) is 24.4 Å². The number of para-hydroxylation sites is 1. The highest BCUT2D eigenvalue weighted by Gasteiger charge is 2.42. The molecule has 0 aliphatic carbocycles. The van der Waals surface area contributed by atoms with Crippen LogP contribution < -0.4 is 10.2 Å². The maximum absolute atomic E-state index is 5.88. The van der Waals surface area contributed by atoms with E-state index >= 15 is 0 Å². The van der Waals surface area contributed by atoms with Gasteiger partial charge < -0.3 is 14.8 Å². The molecule has 166 valence electrons. The van der Waals surface area contributed by atoms with Crippen LogP contribution in [-0.2, 0) is 0 Å². The van der Waals surface area contributed by atoms with Crippen molar-refractivity contribution in [2.24, 2.45) is 0 Å². The van der Waals surface area contributed by atoms with Gasteiger partial charge in [0.2, 0.25) is 0 Å². The van der Waals surface area contributed by atoms with E-state index in [9.17, 15) is 0 Å². The van der Waals surface area contributed by atoms with E-state index in [4.69, 9.17) is 12.2 Å². The van der Waals surface area contributed by atoms with Gasteiger partial charge in [-0.15, -0.1) is 0 Å². The van der Waals surface area contributed by atoms with Crippen LogP contribution in [0.5, 0.6) is 0 Å². The zero-order valence-corrected chi connectivity index (χ0v) is 21.2. The zero-order valence-electron chi connectivity index (χ0n) is 18.8. The first-order valence-electron chi connectivity index (χ1n) is 11.0. The number of aromatic nitrogens is 2. The smallest absolute Gasteiger partial charge is 0.174 e. The van der Waals surface area contributed by atoms with Crippen molar-refractivity contribution in [1.29, 1.82) is 0 Å². The summed E-state index contributed by atoms with van der Waals surface area (Å²) in [5.74, 6) is 0. The first kappa shape index (κ1) is 21.9. The molecule has 6 heteroatoms. The van der Waals surface area contributed by atoms with E-state index in [0.717, 1.165) is 21.5 Å². The normalized spacial score (nSPS) is 17.9. The molecule has 1 saturated heterocycles. The predicted octanol–water partition coefficient (Wildman–Crippen LogP) is 6.74. The van der Waals surface area contributed by atoms with Crippen molar-refractivity contribution in [3.05, 3.63) is 112 Å². The summed E-state index contributed by atoms with van der Waals surface area (Å²) in [5, 5.41) is 4.28. The van der Waals surface area contributed by atoms with Crippen molar-refractivity contribution >= 4 is 38.9 Å². The van der Waals surface area contributed by atoms with Gasteiger partial charge in [0.25, 0.3) is 0 Å². The Kier molecular flexibility index (Phi) is 5.81. The van der Waals surface area contributed by atoms with Crippen LogP contribution in [-0.4, -0.2) is 14.7 Å². The van der Waals surface area contributed by atoms with Gasteiger partial charge in [0.05, 0.1) is 23.5 Å². The topological polar surface area (TPSA) is 33.1 Å². The Morgan fingerprint density at radius 1 is 0.939 bits per heavy atom. The van der Waals surface area contributed by atoms with Gasteiger partial charge in [-0.2, -0.15) is 0 Å². The Balaban J connectivity index is 1.69. The van der Waals surface area contributed by atoms with Crippen LogP contribution in [0, 0.1) is 20.8 Å². The van der Waals surface area contributed by atoms with Gasteiger partial charge in [-0.25, -0.2) is 0 Å².